The van der Waals surface area contributed by atoms with Gasteiger partial charge in [0.25, 0.3) is 11.8 Å². The summed E-state index contributed by atoms with van der Waals surface area (Å²) in [6.07, 6.45) is 7.97. The molecule has 0 unspecified atom stereocenters. The molecule has 0 radical (unpaired) electrons. The van der Waals surface area contributed by atoms with Crippen LogP contribution in [0.5, 0.6) is 0 Å². The molecule has 0 saturated carbocycles. The molecule has 0 aromatic carbocycles. The molecule has 2 aliphatic rings. The zero-order chi connectivity index (χ0) is 23.8. The number of carbonyl (C=O) groups is 2. The number of aryl methyl sites for hydroxylation is 4. The number of amides is 2. The van der Waals surface area contributed by atoms with Gasteiger partial charge in [0.15, 0.2) is 0 Å². The quantitative estimate of drug-likeness (QED) is 0.607. The Kier molecular flexibility index (Phi) is 6.25. The SMILES string of the molecule is CCc1cc(C(=O)NCc2c(C)ncc3c2CCN(C(=O)c2scc4c2CCCC4)C3)n(C)n1. The molecule has 1 aliphatic carbocycles. The summed E-state index contributed by atoms with van der Waals surface area (Å²) in [5, 5.41) is 9.61. The van der Waals surface area contributed by atoms with Gasteiger partial charge in [0.1, 0.15) is 5.69 Å². The lowest BCUT2D eigenvalue weighted by Crippen LogP contribution is -2.37. The van der Waals surface area contributed by atoms with Crippen LogP contribution in [0.25, 0.3) is 0 Å². The standard InChI is InChI=1S/C26H31N5O2S/c1-4-19-11-23(30(3)29-19)25(32)28-13-22-16(2)27-12-18-14-31(10-9-20(18)22)26(33)24-21-8-6-5-7-17(21)15-34-24/h11-12,15H,4-10,13-14H2,1-3H3,(H,28,32). The first-order chi connectivity index (χ1) is 16.5. The van der Waals surface area contributed by atoms with E-state index < -0.39 is 0 Å². The molecule has 0 saturated heterocycles. The summed E-state index contributed by atoms with van der Waals surface area (Å²) in [7, 11) is 1.79. The number of hydrogen-bond acceptors (Lipinski definition) is 5. The van der Waals surface area contributed by atoms with Crippen molar-refractivity contribution in [3.8, 4) is 0 Å². The highest BCUT2D eigenvalue weighted by Gasteiger charge is 2.28. The molecule has 178 valence electrons. The van der Waals surface area contributed by atoms with E-state index in [9.17, 15) is 9.59 Å². The largest absolute Gasteiger partial charge is 0.347 e. The molecule has 3 aromatic heterocycles. The molecule has 1 aliphatic heterocycles. The summed E-state index contributed by atoms with van der Waals surface area (Å²) < 4.78 is 1.63. The third-order valence-corrected chi connectivity index (χ3v) is 8.19. The lowest BCUT2D eigenvalue weighted by Gasteiger charge is -2.30. The van der Waals surface area contributed by atoms with Gasteiger partial charge in [0, 0.05) is 38.6 Å². The Morgan fingerprint density at radius 1 is 1.15 bits per heavy atom. The van der Waals surface area contributed by atoms with Gasteiger partial charge in [-0.05, 0) is 84.7 Å². The normalized spacial score (nSPS) is 15.1. The molecule has 1 N–H and O–H groups in total. The Hall–Kier alpha value is -3.00. The number of pyridine rings is 1. The van der Waals surface area contributed by atoms with Crippen LogP contribution in [0.2, 0.25) is 0 Å². The highest BCUT2D eigenvalue weighted by molar-refractivity contribution is 7.12. The molecule has 4 heterocycles. The smallest absolute Gasteiger partial charge is 0.269 e. The van der Waals surface area contributed by atoms with Crippen LogP contribution in [-0.4, -0.2) is 38.0 Å². The van der Waals surface area contributed by atoms with Crippen molar-refractivity contribution >= 4 is 23.2 Å². The molecule has 0 spiro atoms. The number of thiophene rings is 1. The maximum Gasteiger partial charge on any atom is 0.269 e. The zero-order valence-corrected chi connectivity index (χ0v) is 20.9. The van der Waals surface area contributed by atoms with Gasteiger partial charge >= 0.3 is 0 Å². The molecule has 0 fully saturated rings. The van der Waals surface area contributed by atoms with Crippen LogP contribution in [0.1, 0.15) is 79.1 Å². The average molecular weight is 478 g/mol. The molecule has 0 bridgehead atoms. The molecular formula is C26H31N5O2S. The minimum atomic E-state index is -0.137. The van der Waals surface area contributed by atoms with Crippen molar-refractivity contribution in [2.24, 2.45) is 7.05 Å². The number of aromatic nitrogens is 3. The lowest BCUT2D eigenvalue weighted by atomic mass is 9.92. The van der Waals surface area contributed by atoms with E-state index in [0.29, 0.717) is 25.3 Å². The number of hydrogen-bond donors (Lipinski definition) is 1. The second-order valence-corrected chi connectivity index (χ2v) is 10.1. The summed E-state index contributed by atoms with van der Waals surface area (Å²) in [5.74, 6) is 0.0129. The summed E-state index contributed by atoms with van der Waals surface area (Å²) >= 11 is 1.61. The predicted molar refractivity (Wildman–Crippen MR) is 132 cm³/mol. The lowest BCUT2D eigenvalue weighted by molar-refractivity contribution is 0.0737. The predicted octanol–water partition coefficient (Wildman–Crippen LogP) is 3.75. The van der Waals surface area contributed by atoms with Crippen molar-refractivity contribution in [1.82, 2.24) is 25.0 Å². The Labute approximate surface area is 204 Å². The maximum absolute atomic E-state index is 13.4. The van der Waals surface area contributed by atoms with E-state index in [-0.39, 0.29) is 11.8 Å². The van der Waals surface area contributed by atoms with Crippen molar-refractivity contribution in [1.29, 1.82) is 0 Å². The number of fused-ring (bicyclic) bond motifs is 2. The van der Waals surface area contributed by atoms with Crippen molar-refractivity contribution in [2.45, 2.75) is 65.5 Å². The summed E-state index contributed by atoms with van der Waals surface area (Å²) in [4.78, 5) is 33.7. The van der Waals surface area contributed by atoms with Gasteiger partial charge in [-0.15, -0.1) is 11.3 Å². The van der Waals surface area contributed by atoms with Crippen LogP contribution in [-0.2, 0) is 45.8 Å². The summed E-state index contributed by atoms with van der Waals surface area (Å²) in [5.41, 5.74) is 8.38. The van der Waals surface area contributed by atoms with Crippen LogP contribution in [0, 0.1) is 6.92 Å². The average Bonchev–Trinajstić information content (AvgIpc) is 3.46. The second kappa shape index (κ2) is 9.33. The number of rotatable bonds is 5. The van der Waals surface area contributed by atoms with Crippen LogP contribution in [0.15, 0.2) is 17.6 Å². The van der Waals surface area contributed by atoms with Gasteiger partial charge in [0.05, 0.1) is 10.6 Å². The topological polar surface area (TPSA) is 80.1 Å². The molecule has 5 rings (SSSR count). The number of nitrogens with zero attached hydrogens (tertiary/aromatic N) is 4. The fourth-order valence-corrected chi connectivity index (χ4v) is 6.27. The van der Waals surface area contributed by atoms with E-state index >= 15 is 0 Å². The van der Waals surface area contributed by atoms with Crippen molar-refractivity contribution < 1.29 is 9.59 Å². The fraction of sp³-hybridized carbons (Fsp3) is 0.462. The first kappa shape index (κ1) is 22.8. The van der Waals surface area contributed by atoms with Gasteiger partial charge in [-0.1, -0.05) is 6.92 Å². The Bertz CT molecular complexity index is 1260. The van der Waals surface area contributed by atoms with Crippen molar-refractivity contribution in [3.05, 3.63) is 67.4 Å². The van der Waals surface area contributed by atoms with E-state index in [1.807, 2.05) is 31.0 Å². The first-order valence-corrected chi connectivity index (χ1v) is 13.0. The number of nitrogens with one attached hydrogen (secondary N) is 1. The molecule has 3 aromatic rings. The number of carbonyl (C=O) groups excluding carboxylic acids is 2. The zero-order valence-electron chi connectivity index (χ0n) is 20.1. The molecule has 34 heavy (non-hydrogen) atoms. The van der Waals surface area contributed by atoms with Gasteiger partial charge in [0.2, 0.25) is 0 Å². The summed E-state index contributed by atoms with van der Waals surface area (Å²) in [6.45, 7) is 5.67. The minimum Gasteiger partial charge on any atom is -0.347 e. The fourth-order valence-electron chi connectivity index (χ4n) is 5.14. The van der Waals surface area contributed by atoms with Gasteiger partial charge in [-0.25, -0.2) is 0 Å². The van der Waals surface area contributed by atoms with Crippen LogP contribution in [0.3, 0.4) is 0 Å². The highest BCUT2D eigenvalue weighted by atomic mass is 32.1. The van der Waals surface area contributed by atoms with Gasteiger partial charge in [-0.2, -0.15) is 5.10 Å². The summed E-state index contributed by atoms with van der Waals surface area (Å²) in [6, 6.07) is 1.84. The van der Waals surface area contributed by atoms with Crippen molar-refractivity contribution in [3.63, 3.8) is 0 Å². The Balaban J connectivity index is 1.32. The van der Waals surface area contributed by atoms with Crippen molar-refractivity contribution in [2.75, 3.05) is 6.54 Å². The second-order valence-electron chi connectivity index (χ2n) is 9.26. The van der Waals surface area contributed by atoms with E-state index in [2.05, 4.69) is 20.8 Å². The molecule has 2 amide bonds. The third-order valence-electron chi connectivity index (χ3n) is 7.13. The van der Waals surface area contributed by atoms with Crippen LogP contribution >= 0.6 is 11.3 Å². The van der Waals surface area contributed by atoms with Gasteiger partial charge < -0.3 is 10.2 Å². The van der Waals surface area contributed by atoms with Crippen LogP contribution in [0.4, 0.5) is 0 Å². The molecule has 8 heteroatoms. The minimum absolute atomic E-state index is 0.137. The Morgan fingerprint density at radius 2 is 1.97 bits per heavy atom. The molecular weight excluding hydrogens is 446 g/mol. The molecule has 7 nitrogen and oxygen atoms in total. The highest BCUT2D eigenvalue weighted by Crippen LogP contribution is 2.32. The Morgan fingerprint density at radius 3 is 2.76 bits per heavy atom. The third kappa shape index (κ3) is 4.15. The maximum atomic E-state index is 13.4. The molecule has 0 atom stereocenters. The van der Waals surface area contributed by atoms with E-state index in [1.165, 1.54) is 29.5 Å². The van der Waals surface area contributed by atoms with E-state index in [1.54, 1.807) is 23.1 Å². The van der Waals surface area contributed by atoms with E-state index in [0.717, 1.165) is 53.1 Å². The van der Waals surface area contributed by atoms with Crippen LogP contribution < -0.4 is 5.32 Å². The van der Waals surface area contributed by atoms with Gasteiger partial charge in [-0.3, -0.25) is 19.3 Å². The first-order valence-electron chi connectivity index (χ1n) is 12.1. The van der Waals surface area contributed by atoms with E-state index in [4.69, 9.17) is 0 Å². The monoisotopic (exact) mass is 477 g/mol.